The van der Waals surface area contributed by atoms with Crippen LogP contribution in [0, 0.1) is 6.92 Å². The Hall–Kier alpha value is -1.80. The van der Waals surface area contributed by atoms with Gasteiger partial charge >= 0.3 is 0 Å². The zero-order valence-electron chi connectivity index (χ0n) is 12.8. The van der Waals surface area contributed by atoms with Crippen molar-refractivity contribution in [2.45, 2.75) is 26.2 Å². The highest BCUT2D eigenvalue weighted by Crippen LogP contribution is 2.33. The number of rotatable bonds is 2. The van der Waals surface area contributed by atoms with Crippen molar-refractivity contribution in [1.82, 2.24) is 0 Å². The fraction of sp³-hybridized carbons (Fsp3) is 0.316. The molecule has 0 spiro atoms. The average Bonchev–Trinajstić information content (AvgIpc) is 3.17. The van der Waals surface area contributed by atoms with Crippen LogP contribution in [0.1, 0.15) is 29.5 Å². The van der Waals surface area contributed by atoms with Gasteiger partial charge in [0.25, 0.3) is 0 Å². The van der Waals surface area contributed by atoms with E-state index in [0.717, 1.165) is 28.4 Å². The zero-order valence-corrected chi connectivity index (χ0v) is 13.5. The quantitative estimate of drug-likeness (QED) is 0.768. The SMILES string of the molecule is Cc1cc2c(cc1Cl)CC(c1ccc(N3CCCC3)cc1)=N2. The Kier molecular flexibility index (Phi) is 3.42. The van der Waals surface area contributed by atoms with Gasteiger partial charge in [-0.25, -0.2) is 0 Å². The molecule has 2 aliphatic rings. The first-order valence-electron chi connectivity index (χ1n) is 7.93. The molecule has 2 aromatic rings. The van der Waals surface area contributed by atoms with Crippen LogP contribution in [-0.4, -0.2) is 18.8 Å². The van der Waals surface area contributed by atoms with E-state index < -0.39 is 0 Å². The summed E-state index contributed by atoms with van der Waals surface area (Å²) >= 11 is 6.22. The fourth-order valence-corrected chi connectivity index (χ4v) is 3.51. The predicted molar refractivity (Wildman–Crippen MR) is 94.0 cm³/mol. The molecule has 2 aromatic carbocycles. The van der Waals surface area contributed by atoms with Gasteiger partial charge < -0.3 is 4.90 Å². The molecule has 3 heteroatoms. The van der Waals surface area contributed by atoms with Crippen LogP contribution in [0.2, 0.25) is 5.02 Å². The van der Waals surface area contributed by atoms with E-state index in [0.29, 0.717) is 0 Å². The summed E-state index contributed by atoms with van der Waals surface area (Å²) in [5.41, 5.74) is 7.08. The van der Waals surface area contributed by atoms with E-state index >= 15 is 0 Å². The second-order valence-corrected chi connectivity index (χ2v) is 6.61. The van der Waals surface area contributed by atoms with Crippen molar-refractivity contribution >= 4 is 28.7 Å². The standard InChI is InChI=1S/C19H19ClN2/c1-13-10-18-15(11-17(13)20)12-19(21-18)14-4-6-16(7-5-14)22-8-2-3-9-22/h4-7,10-11H,2-3,8-9,12H2,1H3. The van der Waals surface area contributed by atoms with Gasteiger partial charge in [-0.15, -0.1) is 0 Å². The van der Waals surface area contributed by atoms with Crippen molar-refractivity contribution in [3.8, 4) is 0 Å². The van der Waals surface area contributed by atoms with E-state index in [1.165, 1.54) is 42.7 Å². The molecule has 0 aromatic heterocycles. The molecule has 0 aliphatic carbocycles. The summed E-state index contributed by atoms with van der Waals surface area (Å²) in [7, 11) is 0. The maximum absolute atomic E-state index is 6.22. The van der Waals surface area contributed by atoms with Crippen LogP contribution in [0.5, 0.6) is 0 Å². The molecular formula is C19H19ClN2. The van der Waals surface area contributed by atoms with Crippen molar-refractivity contribution < 1.29 is 0 Å². The third-order valence-corrected chi connectivity index (χ3v) is 5.05. The number of hydrogen-bond acceptors (Lipinski definition) is 2. The van der Waals surface area contributed by atoms with Gasteiger partial charge in [0.2, 0.25) is 0 Å². The second-order valence-electron chi connectivity index (χ2n) is 6.21. The number of halogens is 1. The molecule has 2 aliphatic heterocycles. The molecule has 0 bridgehead atoms. The average molecular weight is 311 g/mol. The summed E-state index contributed by atoms with van der Waals surface area (Å²) in [5, 5.41) is 0.833. The molecule has 1 saturated heterocycles. The first-order valence-corrected chi connectivity index (χ1v) is 8.30. The van der Waals surface area contributed by atoms with Crippen LogP contribution in [-0.2, 0) is 6.42 Å². The van der Waals surface area contributed by atoms with Crippen LogP contribution in [0.15, 0.2) is 41.4 Å². The predicted octanol–water partition coefficient (Wildman–Crippen LogP) is 4.93. The number of fused-ring (bicyclic) bond motifs is 1. The fourth-order valence-electron chi connectivity index (χ4n) is 3.33. The van der Waals surface area contributed by atoms with Crippen molar-refractivity contribution in [2.75, 3.05) is 18.0 Å². The number of aryl methyl sites for hydroxylation is 1. The van der Waals surface area contributed by atoms with Crippen LogP contribution in [0.3, 0.4) is 0 Å². The highest BCUT2D eigenvalue weighted by molar-refractivity contribution is 6.31. The Bertz CT molecular complexity index is 741. The van der Waals surface area contributed by atoms with Gasteiger partial charge in [0.05, 0.1) is 11.4 Å². The van der Waals surface area contributed by atoms with Gasteiger partial charge in [-0.2, -0.15) is 0 Å². The minimum absolute atomic E-state index is 0.833. The van der Waals surface area contributed by atoms with Gasteiger partial charge in [0, 0.05) is 30.2 Å². The number of anilines is 1. The molecule has 2 heterocycles. The Labute approximate surface area is 136 Å². The first-order chi connectivity index (χ1) is 10.7. The minimum Gasteiger partial charge on any atom is -0.372 e. The zero-order chi connectivity index (χ0) is 15.1. The summed E-state index contributed by atoms with van der Waals surface area (Å²) < 4.78 is 0. The van der Waals surface area contributed by atoms with Crippen LogP contribution in [0.25, 0.3) is 0 Å². The van der Waals surface area contributed by atoms with E-state index in [4.69, 9.17) is 16.6 Å². The molecule has 2 nitrogen and oxygen atoms in total. The van der Waals surface area contributed by atoms with Gasteiger partial charge in [-0.05, 0) is 60.7 Å². The van der Waals surface area contributed by atoms with Crippen molar-refractivity contribution in [1.29, 1.82) is 0 Å². The molecule has 4 rings (SSSR count). The Morgan fingerprint density at radius 3 is 2.50 bits per heavy atom. The smallest absolute Gasteiger partial charge is 0.0672 e. The van der Waals surface area contributed by atoms with Gasteiger partial charge in [-0.3, -0.25) is 4.99 Å². The van der Waals surface area contributed by atoms with Gasteiger partial charge in [0.1, 0.15) is 0 Å². The highest BCUT2D eigenvalue weighted by atomic mass is 35.5. The topological polar surface area (TPSA) is 15.6 Å². The van der Waals surface area contributed by atoms with Crippen molar-refractivity contribution in [3.63, 3.8) is 0 Å². The van der Waals surface area contributed by atoms with Gasteiger partial charge in [0.15, 0.2) is 0 Å². The summed E-state index contributed by atoms with van der Waals surface area (Å²) in [6.45, 7) is 4.40. The first kappa shape index (κ1) is 13.8. The summed E-state index contributed by atoms with van der Waals surface area (Å²) in [6.07, 6.45) is 3.49. The molecule has 0 N–H and O–H groups in total. The molecule has 0 unspecified atom stereocenters. The lowest BCUT2D eigenvalue weighted by molar-refractivity contribution is 0.949. The largest absolute Gasteiger partial charge is 0.372 e. The number of hydrogen-bond donors (Lipinski definition) is 0. The third-order valence-electron chi connectivity index (χ3n) is 4.64. The van der Waals surface area contributed by atoms with E-state index in [-0.39, 0.29) is 0 Å². The maximum Gasteiger partial charge on any atom is 0.0672 e. The molecule has 0 radical (unpaired) electrons. The molecular weight excluding hydrogens is 292 g/mol. The van der Waals surface area contributed by atoms with E-state index in [1.807, 2.05) is 6.92 Å². The summed E-state index contributed by atoms with van der Waals surface area (Å²) in [6, 6.07) is 13.0. The normalized spacial score (nSPS) is 16.8. The lowest BCUT2D eigenvalue weighted by Gasteiger charge is -2.17. The van der Waals surface area contributed by atoms with Gasteiger partial charge in [-0.1, -0.05) is 23.7 Å². The minimum atomic E-state index is 0.833. The summed E-state index contributed by atoms with van der Waals surface area (Å²) in [5.74, 6) is 0. The second kappa shape index (κ2) is 5.44. The van der Waals surface area contributed by atoms with Crippen LogP contribution in [0.4, 0.5) is 11.4 Å². The molecule has 0 amide bonds. The number of aliphatic imine (C=N–C) groups is 1. The maximum atomic E-state index is 6.22. The van der Waals surface area contributed by atoms with Crippen LogP contribution >= 0.6 is 11.6 Å². The van der Waals surface area contributed by atoms with E-state index in [1.54, 1.807) is 0 Å². The lowest BCUT2D eigenvalue weighted by atomic mass is 10.0. The monoisotopic (exact) mass is 310 g/mol. The Morgan fingerprint density at radius 2 is 1.77 bits per heavy atom. The molecule has 0 saturated carbocycles. The Balaban J connectivity index is 1.59. The summed E-state index contributed by atoms with van der Waals surface area (Å²) in [4.78, 5) is 7.25. The Morgan fingerprint density at radius 1 is 1.05 bits per heavy atom. The third kappa shape index (κ3) is 2.42. The highest BCUT2D eigenvalue weighted by Gasteiger charge is 2.18. The lowest BCUT2D eigenvalue weighted by Crippen LogP contribution is -2.17. The van der Waals surface area contributed by atoms with Crippen molar-refractivity contribution in [2.24, 2.45) is 4.99 Å². The van der Waals surface area contributed by atoms with E-state index in [2.05, 4.69) is 41.3 Å². The number of benzene rings is 2. The van der Waals surface area contributed by atoms with Crippen LogP contribution < -0.4 is 4.90 Å². The number of nitrogens with zero attached hydrogens (tertiary/aromatic N) is 2. The van der Waals surface area contributed by atoms with Crippen molar-refractivity contribution in [3.05, 3.63) is 58.1 Å². The molecule has 22 heavy (non-hydrogen) atoms. The molecule has 112 valence electrons. The molecule has 0 atom stereocenters. The van der Waals surface area contributed by atoms with E-state index in [9.17, 15) is 0 Å². The molecule has 1 fully saturated rings.